The SMILES string of the molecule is CC(C)c1ccc(C2CC2N=C(N)N2CCOCC2)cc1.I. The van der Waals surface area contributed by atoms with Crippen molar-refractivity contribution in [3.63, 3.8) is 0 Å². The number of halogens is 1. The fourth-order valence-electron chi connectivity index (χ4n) is 2.85. The van der Waals surface area contributed by atoms with Gasteiger partial charge < -0.3 is 15.4 Å². The average Bonchev–Trinajstić information content (AvgIpc) is 3.27. The van der Waals surface area contributed by atoms with Crippen molar-refractivity contribution in [2.24, 2.45) is 10.7 Å². The van der Waals surface area contributed by atoms with Crippen molar-refractivity contribution in [3.8, 4) is 0 Å². The number of rotatable bonds is 3. The predicted molar refractivity (Wildman–Crippen MR) is 101 cm³/mol. The van der Waals surface area contributed by atoms with Crippen LogP contribution in [0.25, 0.3) is 0 Å². The quantitative estimate of drug-likeness (QED) is 0.469. The van der Waals surface area contributed by atoms with E-state index in [0.717, 1.165) is 32.7 Å². The van der Waals surface area contributed by atoms with E-state index in [9.17, 15) is 0 Å². The summed E-state index contributed by atoms with van der Waals surface area (Å²) in [4.78, 5) is 6.82. The molecule has 1 aliphatic heterocycles. The maximum Gasteiger partial charge on any atom is 0.191 e. The smallest absolute Gasteiger partial charge is 0.191 e. The number of nitrogens with two attached hydrogens (primary N) is 1. The minimum atomic E-state index is 0. The number of benzene rings is 1. The van der Waals surface area contributed by atoms with Crippen molar-refractivity contribution in [1.29, 1.82) is 0 Å². The maximum absolute atomic E-state index is 6.11. The number of morpholine rings is 1. The van der Waals surface area contributed by atoms with Crippen LogP contribution in [-0.2, 0) is 4.74 Å². The van der Waals surface area contributed by atoms with Crippen LogP contribution >= 0.6 is 24.0 Å². The third kappa shape index (κ3) is 4.13. The van der Waals surface area contributed by atoms with E-state index in [1.54, 1.807) is 0 Å². The van der Waals surface area contributed by atoms with Crippen molar-refractivity contribution in [2.45, 2.75) is 38.1 Å². The Balaban J connectivity index is 0.00000176. The molecule has 3 rings (SSSR count). The van der Waals surface area contributed by atoms with Gasteiger partial charge >= 0.3 is 0 Å². The Labute approximate surface area is 150 Å². The summed E-state index contributed by atoms with van der Waals surface area (Å²) in [5, 5.41) is 0. The van der Waals surface area contributed by atoms with Crippen LogP contribution < -0.4 is 5.73 Å². The number of hydrogen-bond acceptors (Lipinski definition) is 2. The van der Waals surface area contributed by atoms with Gasteiger partial charge in [0, 0.05) is 19.0 Å². The largest absolute Gasteiger partial charge is 0.378 e. The van der Waals surface area contributed by atoms with Gasteiger partial charge in [-0.15, -0.1) is 24.0 Å². The summed E-state index contributed by atoms with van der Waals surface area (Å²) in [5.74, 6) is 1.82. The standard InChI is InChI=1S/C17H25N3O.HI/c1-12(2)13-3-5-14(6-4-13)15-11-16(15)19-17(18)20-7-9-21-10-8-20;/h3-6,12,15-16H,7-11H2,1-2H3,(H2,18,19);1H. The molecule has 1 aromatic rings. The van der Waals surface area contributed by atoms with Gasteiger partial charge in [0.15, 0.2) is 5.96 Å². The summed E-state index contributed by atoms with van der Waals surface area (Å²) < 4.78 is 5.34. The number of guanidine groups is 1. The molecule has 0 amide bonds. The van der Waals surface area contributed by atoms with E-state index in [1.165, 1.54) is 11.1 Å². The van der Waals surface area contributed by atoms with Gasteiger partial charge in [-0.2, -0.15) is 0 Å². The molecule has 122 valence electrons. The lowest BCUT2D eigenvalue weighted by Crippen LogP contribution is -2.45. The van der Waals surface area contributed by atoms with Gasteiger partial charge in [0.25, 0.3) is 0 Å². The fraction of sp³-hybridized carbons (Fsp3) is 0.588. The monoisotopic (exact) mass is 415 g/mol. The molecule has 1 saturated carbocycles. The zero-order valence-electron chi connectivity index (χ0n) is 13.4. The van der Waals surface area contributed by atoms with E-state index in [2.05, 4.69) is 43.0 Å². The van der Waals surface area contributed by atoms with E-state index in [0.29, 0.717) is 23.8 Å². The van der Waals surface area contributed by atoms with Crippen molar-refractivity contribution in [1.82, 2.24) is 4.90 Å². The number of nitrogens with zero attached hydrogens (tertiary/aromatic N) is 2. The maximum atomic E-state index is 6.11. The van der Waals surface area contributed by atoms with Crippen LogP contribution in [0.15, 0.2) is 29.3 Å². The van der Waals surface area contributed by atoms with Crippen LogP contribution in [0, 0.1) is 0 Å². The zero-order chi connectivity index (χ0) is 14.8. The third-order valence-electron chi connectivity index (χ3n) is 4.42. The van der Waals surface area contributed by atoms with Crippen LogP contribution in [0.2, 0.25) is 0 Å². The lowest BCUT2D eigenvalue weighted by molar-refractivity contribution is 0.0674. The summed E-state index contributed by atoms with van der Waals surface area (Å²) in [6.45, 7) is 7.66. The minimum Gasteiger partial charge on any atom is -0.378 e. The van der Waals surface area contributed by atoms with Crippen molar-refractivity contribution < 1.29 is 4.74 Å². The normalized spacial score (nSPS) is 25.0. The first-order valence-corrected chi connectivity index (χ1v) is 7.91. The van der Waals surface area contributed by atoms with Crippen LogP contribution in [-0.4, -0.2) is 43.2 Å². The fourth-order valence-corrected chi connectivity index (χ4v) is 2.85. The Morgan fingerprint density at radius 1 is 1.23 bits per heavy atom. The van der Waals surface area contributed by atoms with Crippen LogP contribution in [0.1, 0.15) is 43.2 Å². The summed E-state index contributed by atoms with van der Waals surface area (Å²) in [6.07, 6.45) is 1.12. The van der Waals surface area contributed by atoms with Gasteiger partial charge in [-0.25, -0.2) is 4.99 Å². The van der Waals surface area contributed by atoms with E-state index in [-0.39, 0.29) is 24.0 Å². The molecule has 2 N–H and O–H groups in total. The van der Waals surface area contributed by atoms with Gasteiger partial charge in [-0.05, 0) is 23.5 Å². The molecule has 1 heterocycles. The highest BCUT2D eigenvalue weighted by molar-refractivity contribution is 14.0. The summed E-state index contributed by atoms with van der Waals surface area (Å²) in [5.41, 5.74) is 8.90. The molecule has 5 heteroatoms. The first-order valence-electron chi connectivity index (χ1n) is 7.91. The molecule has 2 unspecified atom stereocenters. The minimum absolute atomic E-state index is 0. The molecule has 1 aliphatic carbocycles. The Morgan fingerprint density at radius 3 is 2.45 bits per heavy atom. The first-order chi connectivity index (χ1) is 10.1. The second kappa shape index (κ2) is 7.64. The molecule has 1 saturated heterocycles. The number of hydrogen-bond donors (Lipinski definition) is 1. The van der Waals surface area contributed by atoms with Crippen molar-refractivity contribution >= 4 is 29.9 Å². The lowest BCUT2D eigenvalue weighted by atomic mass is 10.0. The van der Waals surface area contributed by atoms with Gasteiger partial charge in [0.05, 0.1) is 19.3 Å². The van der Waals surface area contributed by atoms with Gasteiger partial charge in [-0.1, -0.05) is 38.1 Å². The topological polar surface area (TPSA) is 50.8 Å². The highest BCUT2D eigenvalue weighted by atomic mass is 127. The summed E-state index contributed by atoms with van der Waals surface area (Å²) in [6, 6.07) is 9.34. The summed E-state index contributed by atoms with van der Waals surface area (Å²) in [7, 11) is 0. The highest BCUT2D eigenvalue weighted by Gasteiger charge is 2.38. The van der Waals surface area contributed by atoms with Gasteiger partial charge in [0.1, 0.15) is 0 Å². The molecule has 2 aliphatic rings. The molecule has 2 fully saturated rings. The molecular weight excluding hydrogens is 389 g/mol. The van der Waals surface area contributed by atoms with E-state index < -0.39 is 0 Å². The zero-order valence-corrected chi connectivity index (χ0v) is 15.7. The van der Waals surface area contributed by atoms with Crippen LogP contribution in [0.4, 0.5) is 0 Å². The van der Waals surface area contributed by atoms with E-state index >= 15 is 0 Å². The molecule has 0 aromatic heterocycles. The Kier molecular flexibility index (Phi) is 6.09. The van der Waals surface area contributed by atoms with E-state index in [1.807, 2.05) is 0 Å². The number of aliphatic imine (C=N–C) groups is 1. The molecule has 0 spiro atoms. The van der Waals surface area contributed by atoms with Crippen molar-refractivity contribution in [2.75, 3.05) is 26.3 Å². The number of ether oxygens (including phenoxy) is 1. The molecule has 4 nitrogen and oxygen atoms in total. The molecule has 0 radical (unpaired) electrons. The first kappa shape index (κ1) is 17.5. The van der Waals surface area contributed by atoms with Gasteiger partial charge in [0.2, 0.25) is 0 Å². The molecule has 1 aromatic carbocycles. The van der Waals surface area contributed by atoms with Crippen LogP contribution in [0.3, 0.4) is 0 Å². The van der Waals surface area contributed by atoms with Gasteiger partial charge in [-0.3, -0.25) is 0 Å². The summed E-state index contributed by atoms with van der Waals surface area (Å²) >= 11 is 0. The molecule has 22 heavy (non-hydrogen) atoms. The molecular formula is C17H26IN3O. The average molecular weight is 415 g/mol. The lowest BCUT2D eigenvalue weighted by Gasteiger charge is -2.27. The third-order valence-corrected chi connectivity index (χ3v) is 4.42. The predicted octanol–water partition coefficient (Wildman–Crippen LogP) is 2.93. The molecule has 0 bridgehead atoms. The Morgan fingerprint density at radius 2 is 1.86 bits per heavy atom. The molecule has 2 atom stereocenters. The Bertz CT molecular complexity index is 509. The Hall–Kier alpha value is -0.820. The van der Waals surface area contributed by atoms with E-state index in [4.69, 9.17) is 15.5 Å². The second-order valence-electron chi connectivity index (χ2n) is 6.32. The van der Waals surface area contributed by atoms with Crippen molar-refractivity contribution in [3.05, 3.63) is 35.4 Å². The second-order valence-corrected chi connectivity index (χ2v) is 6.32. The van der Waals surface area contributed by atoms with Crippen LogP contribution in [0.5, 0.6) is 0 Å². The highest BCUT2D eigenvalue weighted by Crippen LogP contribution is 2.43.